The second kappa shape index (κ2) is 8.79. The molecule has 0 fully saturated rings. The number of hydrogen-bond acceptors (Lipinski definition) is 2. The smallest absolute Gasteiger partial charge is 0.102 e. The van der Waals surface area contributed by atoms with Gasteiger partial charge in [-0.05, 0) is 89.9 Å². The minimum atomic E-state index is -0.184. The van der Waals surface area contributed by atoms with Gasteiger partial charge in [-0.25, -0.2) is 0 Å². The number of benzene rings is 6. The molecule has 40 heavy (non-hydrogen) atoms. The van der Waals surface area contributed by atoms with Crippen LogP contribution in [0.25, 0.3) is 54.6 Å². The van der Waals surface area contributed by atoms with Crippen LogP contribution in [0.2, 0.25) is 0 Å². The normalized spacial score (nSPS) is 16.1. The van der Waals surface area contributed by atoms with E-state index in [1.165, 1.54) is 60.3 Å². The first-order valence-electron chi connectivity index (χ1n) is 14.2. The van der Waals surface area contributed by atoms with Gasteiger partial charge in [0.2, 0.25) is 0 Å². The van der Waals surface area contributed by atoms with Crippen LogP contribution in [0.4, 0.5) is 5.69 Å². The number of nitrogens with zero attached hydrogens (tertiary/aromatic N) is 2. The van der Waals surface area contributed by atoms with Crippen molar-refractivity contribution in [3.8, 4) is 22.3 Å². The van der Waals surface area contributed by atoms with Gasteiger partial charge in [-0.15, -0.1) is 0 Å². The molecule has 6 aromatic rings. The Morgan fingerprint density at radius 1 is 0.500 bits per heavy atom. The second-order valence-electron chi connectivity index (χ2n) is 12.0. The topological polar surface area (TPSA) is 15.6 Å². The van der Waals surface area contributed by atoms with E-state index >= 15 is 0 Å². The highest BCUT2D eigenvalue weighted by atomic mass is 15.3. The van der Waals surface area contributed by atoms with Crippen LogP contribution in [-0.2, 0) is 0 Å². The molecule has 6 aromatic carbocycles. The van der Waals surface area contributed by atoms with Crippen molar-refractivity contribution in [1.29, 1.82) is 0 Å². The van der Waals surface area contributed by atoms with Gasteiger partial charge < -0.3 is 4.90 Å². The largest absolute Gasteiger partial charge is 0.322 e. The van der Waals surface area contributed by atoms with Crippen molar-refractivity contribution in [3.05, 3.63) is 115 Å². The zero-order valence-corrected chi connectivity index (χ0v) is 23.9. The second-order valence-corrected chi connectivity index (χ2v) is 12.0. The maximum atomic E-state index is 5.08. The Morgan fingerprint density at radius 2 is 0.975 bits per heavy atom. The Hall–Kier alpha value is -4.43. The van der Waals surface area contributed by atoms with Gasteiger partial charge in [-0.1, -0.05) is 109 Å². The molecule has 0 unspecified atom stereocenters. The van der Waals surface area contributed by atoms with Crippen LogP contribution in [0.3, 0.4) is 0 Å². The molecule has 7 rings (SSSR count). The zero-order valence-electron chi connectivity index (χ0n) is 23.9. The fraction of sp³-hybridized carbons (Fsp3) is 0.184. The average molecular weight is 519 g/mol. The molecular weight excluding hydrogens is 484 g/mol. The van der Waals surface area contributed by atoms with Crippen LogP contribution in [-0.4, -0.2) is 16.9 Å². The van der Waals surface area contributed by atoms with Crippen molar-refractivity contribution in [3.63, 3.8) is 0 Å². The molecule has 0 saturated carbocycles. The predicted molar refractivity (Wildman–Crippen MR) is 174 cm³/mol. The average Bonchev–Trinajstić information content (AvgIpc) is 3.12. The molecule has 2 nitrogen and oxygen atoms in total. The third-order valence-corrected chi connectivity index (χ3v) is 9.23. The first-order chi connectivity index (χ1) is 19.3. The summed E-state index contributed by atoms with van der Waals surface area (Å²) in [5, 5.41) is 7.62. The van der Waals surface area contributed by atoms with Crippen LogP contribution in [0.1, 0.15) is 34.6 Å². The lowest BCUT2D eigenvalue weighted by Crippen LogP contribution is -2.53. The van der Waals surface area contributed by atoms with Crippen LogP contribution >= 0.6 is 0 Å². The molecule has 1 heterocycles. The number of aliphatic imine (C=N–C) groups is 1. The maximum Gasteiger partial charge on any atom is 0.102 e. The van der Waals surface area contributed by atoms with Gasteiger partial charge in [0, 0.05) is 5.39 Å². The standard InChI is InChI=1S/C38H34N2/c1-25-39-37(2,3)38(4,5)40(25)34-24-23-33(27-17-9-10-18-28(27)34)36-31-21-13-11-19-29(31)35(26-15-7-6-8-16-26)30-20-12-14-22-32(30)36/h6-24H,1-5H3. The van der Waals surface area contributed by atoms with Crippen molar-refractivity contribution < 1.29 is 0 Å². The third kappa shape index (κ3) is 3.45. The van der Waals surface area contributed by atoms with Crippen LogP contribution in [0.5, 0.6) is 0 Å². The number of hydrogen-bond donors (Lipinski definition) is 0. The fourth-order valence-electron chi connectivity index (χ4n) is 6.78. The number of amidine groups is 1. The SMILES string of the molecule is CC1=NC(C)(C)C(C)(C)N1c1ccc(-c2c3ccccc3c(-c3ccccc3)c3ccccc23)c2ccccc12. The monoisotopic (exact) mass is 518 g/mol. The first kappa shape index (κ1) is 24.6. The molecule has 1 aliphatic rings. The van der Waals surface area contributed by atoms with E-state index < -0.39 is 0 Å². The fourth-order valence-corrected chi connectivity index (χ4v) is 6.78. The first-order valence-corrected chi connectivity index (χ1v) is 14.2. The molecule has 0 amide bonds. The number of fused-ring (bicyclic) bond motifs is 3. The highest BCUT2D eigenvalue weighted by Crippen LogP contribution is 2.48. The highest BCUT2D eigenvalue weighted by molar-refractivity contribution is 6.24. The third-order valence-electron chi connectivity index (χ3n) is 9.23. The lowest BCUT2D eigenvalue weighted by molar-refractivity contribution is 0.338. The van der Waals surface area contributed by atoms with E-state index in [0.29, 0.717) is 0 Å². The summed E-state index contributed by atoms with van der Waals surface area (Å²) in [6.07, 6.45) is 0. The van der Waals surface area contributed by atoms with Gasteiger partial charge >= 0.3 is 0 Å². The van der Waals surface area contributed by atoms with Gasteiger partial charge in [-0.3, -0.25) is 4.99 Å². The summed E-state index contributed by atoms with van der Waals surface area (Å²) < 4.78 is 0. The summed E-state index contributed by atoms with van der Waals surface area (Å²) in [6.45, 7) is 11.2. The Bertz CT molecular complexity index is 1900. The molecule has 0 radical (unpaired) electrons. The van der Waals surface area contributed by atoms with Crippen LogP contribution in [0, 0.1) is 0 Å². The molecule has 0 N–H and O–H groups in total. The van der Waals surface area contributed by atoms with E-state index in [0.717, 1.165) is 5.84 Å². The van der Waals surface area contributed by atoms with E-state index in [1.807, 2.05) is 0 Å². The molecule has 0 atom stereocenters. The molecular formula is C38H34N2. The van der Waals surface area contributed by atoms with Crippen molar-refractivity contribution in [2.24, 2.45) is 4.99 Å². The Kier molecular flexibility index (Phi) is 5.41. The van der Waals surface area contributed by atoms with Gasteiger partial charge in [0.25, 0.3) is 0 Å². The summed E-state index contributed by atoms with van der Waals surface area (Å²) >= 11 is 0. The minimum Gasteiger partial charge on any atom is -0.322 e. The molecule has 0 spiro atoms. The summed E-state index contributed by atoms with van der Waals surface area (Å²) in [6, 6.07) is 42.1. The molecule has 0 bridgehead atoms. The summed E-state index contributed by atoms with van der Waals surface area (Å²) in [4.78, 5) is 7.52. The number of anilines is 1. The number of rotatable bonds is 3. The quantitative estimate of drug-likeness (QED) is 0.213. The van der Waals surface area contributed by atoms with Crippen molar-refractivity contribution >= 4 is 43.8 Å². The molecule has 0 aliphatic carbocycles. The van der Waals surface area contributed by atoms with Crippen LogP contribution in [0.15, 0.2) is 120 Å². The van der Waals surface area contributed by atoms with E-state index in [-0.39, 0.29) is 11.1 Å². The van der Waals surface area contributed by atoms with E-state index in [9.17, 15) is 0 Å². The minimum absolute atomic E-state index is 0.155. The van der Waals surface area contributed by atoms with E-state index in [4.69, 9.17) is 4.99 Å². The Morgan fingerprint density at radius 3 is 1.50 bits per heavy atom. The molecule has 2 heteroatoms. The van der Waals surface area contributed by atoms with E-state index in [2.05, 4.69) is 155 Å². The van der Waals surface area contributed by atoms with Crippen molar-refractivity contribution in [1.82, 2.24) is 0 Å². The molecule has 0 aromatic heterocycles. The predicted octanol–water partition coefficient (Wildman–Crippen LogP) is 10.3. The zero-order chi connectivity index (χ0) is 27.6. The molecule has 1 aliphatic heterocycles. The summed E-state index contributed by atoms with van der Waals surface area (Å²) in [7, 11) is 0. The molecule has 196 valence electrons. The van der Waals surface area contributed by atoms with Crippen molar-refractivity contribution in [2.45, 2.75) is 45.7 Å². The van der Waals surface area contributed by atoms with Crippen molar-refractivity contribution in [2.75, 3.05) is 4.90 Å². The highest BCUT2D eigenvalue weighted by Gasteiger charge is 2.48. The Labute approximate surface area is 236 Å². The van der Waals surface area contributed by atoms with Gasteiger partial charge in [0.05, 0.1) is 16.8 Å². The van der Waals surface area contributed by atoms with Crippen LogP contribution < -0.4 is 4.90 Å². The van der Waals surface area contributed by atoms with Gasteiger partial charge in [-0.2, -0.15) is 0 Å². The van der Waals surface area contributed by atoms with Gasteiger partial charge in [0.15, 0.2) is 0 Å². The summed E-state index contributed by atoms with van der Waals surface area (Å²) in [5.74, 6) is 1.07. The molecule has 0 saturated heterocycles. The van der Waals surface area contributed by atoms with E-state index in [1.54, 1.807) is 0 Å². The lowest BCUT2D eigenvalue weighted by atomic mass is 9.82. The summed E-state index contributed by atoms with van der Waals surface area (Å²) in [5.41, 5.74) is 5.97. The lowest BCUT2D eigenvalue weighted by Gasteiger charge is -2.41. The van der Waals surface area contributed by atoms with Gasteiger partial charge in [0.1, 0.15) is 5.84 Å². The maximum absolute atomic E-state index is 5.08. The Balaban J connectivity index is 1.57.